The second-order valence-corrected chi connectivity index (χ2v) is 12.2. The average Bonchev–Trinajstić information content (AvgIpc) is 3.31. The van der Waals surface area contributed by atoms with Crippen molar-refractivity contribution in [2.45, 2.75) is 50.5 Å². The summed E-state index contributed by atoms with van der Waals surface area (Å²) < 4.78 is 65.6. The topological polar surface area (TPSA) is 79.8 Å². The van der Waals surface area contributed by atoms with Crippen LogP contribution in [0.5, 0.6) is 5.75 Å². The summed E-state index contributed by atoms with van der Waals surface area (Å²) in [4.78, 5) is 14.5. The molecule has 45 heavy (non-hydrogen) atoms. The summed E-state index contributed by atoms with van der Waals surface area (Å²) in [6.07, 6.45) is -0.248. The average molecular weight is 628 g/mol. The summed E-state index contributed by atoms with van der Waals surface area (Å²) >= 11 is 0. The molecular weight excluding hydrogens is 590 g/mol. The van der Waals surface area contributed by atoms with Crippen LogP contribution >= 0.6 is 0 Å². The highest BCUT2D eigenvalue weighted by Crippen LogP contribution is 2.41. The molecule has 1 spiro atoms. The Morgan fingerprint density at radius 2 is 1.87 bits per heavy atom. The molecule has 2 aliphatic heterocycles. The van der Waals surface area contributed by atoms with Crippen LogP contribution in [0.15, 0.2) is 42.5 Å². The van der Waals surface area contributed by atoms with Gasteiger partial charge >= 0.3 is 6.18 Å². The fourth-order valence-electron chi connectivity index (χ4n) is 6.72. The molecule has 240 valence electrons. The Labute approximate surface area is 259 Å². The molecule has 12 heteroatoms. The lowest BCUT2D eigenvalue weighted by Gasteiger charge is -2.58. The number of rotatable bonds is 9. The van der Waals surface area contributed by atoms with E-state index < -0.39 is 19.6 Å². The van der Waals surface area contributed by atoms with Gasteiger partial charge in [0.25, 0.3) is 5.91 Å². The van der Waals surface area contributed by atoms with Gasteiger partial charge in [-0.15, -0.1) is 0 Å². The lowest BCUT2D eigenvalue weighted by molar-refractivity contribution is -0.200. The van der Waals surface area contributed by atoms with Gasteiger partial charge in [-0.05, 0) is 68.0 Å². The van der Waals surface area contributed by atoms with Crippen molar-refractivity contribution in [2.24, 2.45) is 5.41 Å². The van der Waals surface area contributed by atoms with E-state index in [4.69, 9.17) is 9.47 Å². The molecule has 8 nitrogen and oxygen atoms in total. The zero-order valence-corrected chi connectivity index (χ0v) is 25.1. The number of hydrogen-bond acceptors (Lipinski definition) is 6. The Bertz CT molecular complexity index is 1590. The maximum Gasteiger partial charge on any atom is 0.406 e. The van der Waals surface area contributed by atoms with Crippen LogP contribution in [0.1, 0.15) is 41.7 Å². The van der Waals surface area contributed by atoms with Crippen LogP contribution in [-0.2, 0) is 11.3 Å². The monoisotopic (exact) mass is 627 g/mol. The van der Waals surface area contributed by atoms with Crippen LogP contribution in [0.2, 0.25) is 0 Å². The standard InChI is InChI=1S/C33H37F4N5O3/c1-38-31(43)22-7-12-28(30(14-22)45-21-34)39-13-3-4-25-15-26-27(5-2-6-29(26)42(25)18-33(35,36)37)40-23-8-10-24(11-9-23)41-16-32(17-41)19-44-20-32/h2,5-7,12,14-15,23-24,39-40H,8-11,13,16-21H2,1H3,(H,38,43). The molecule has 6 rings (SSSR count). The first-order valence-electron chi connectivity index (χ1n) is 15.2. The van der Waals surface area contributed by atoms with Gasteiger partial charge in [0, 0.05) is 54.3 Å². The molecule has 0 unspecified atom stereocenters. The first kappa shape index (κ1) is 31.0. The molecule has 3 heterocycles. The van der Waals surface area contributed by atoms with Gasteiger partial charge in [0.05, 0.1) is 36.7 Å². The lowest BCUT2D eigenvalue weighted by atomic mass is 9.75. The first-order chi connectivity index (χ1) is 21.7. The molecule has 1 aromatic heterocycles. The van der Waals surface area contributed by atoms with Crippen LogP contribution < -0.4 is 20.7 Å². The number of fused-ring (bicyclic) bond motifs is 1. The number of benzene rings is 2. The minimum Gasteiger partial charge on any atom is -0.461 e. The van der Waals surface area contributed by atoms with Gasteiger partial charge in [-0.3, -0.25) is 9.69 Å². The van der Waals surface area contributed by atoms with E-state index in [0.717, 1.165) is 57.7 Å². The largest absolute Gasteiger partial charge is 0.461 e. The molecule has 1 amide bonds. The normalized spacial score (nSPS) is 20.9. The predicted octanol–water partition coefficient (Wildman–Crippen LogP) is 5.39. The Kier molecular flexibility index (Phi) is 8.84. The number of aromatic nitrogens is 1. The molecule has 0 radical (unpaired) electrons. The van der Waals surface area contributed by atoms with Crippen LogP contribution in [-0.4, -0.2) is 80.4 Å². The Morgan fingerprint density at radius 1 is 1.09 bits per heavy atom. The Hall–Kier alpha value is -3.95. The molecule has 1 aliphatic carbocycles. The van der Waals surface area contributed by atoms with E-state index in [-0.39, 0.29) is 29.9 Å². The summed E-state index contributed by atoms with van der Waals surface area (Å²) in [5, 5.41) is 9.80. The highest BCUT2D eigenvalue weighted by Gasteiger charge is 2.50. The molecule has 3 aromatic rings. The van der Waals surface area contributed by atoms with Crippen LogP contribution in [0.25, 0.3) is 10.9 Å². The highest BCUT2D eigenvalue weighted by molar-refractivity contribution is 5.95. The Morgan fingerprint density at radius 3 is 2.53 bits per heavy atom. The van der Waals surface area contributed by atoms with E-state index in [1.165, 1.54) is 17.7 Å². The van der Waals surface area contributed by atoms with Crippen molar-refractivity contribution < 1.29 is 31.8 Å². The van der Waals surface area contributed by atoms with E-state index in [0.29, 0.717) is 33.6 Å². The fourth-order valence-corrected chi connectivity index (χ4v) is 6.72. The number of alkyl halides is 4. The third-order valence-corrected chi connectivity index (χ3v) is 9.01. The number of carbonyl (C=O) groups is 1. The van der Waals surface area contributed by atoms with E-state index in [1.807, 2.05) is 6.07 Å². The minimum absolute atomic E-state index is 0.0506. The van der Waals surface area contributed by atoms with E-state index >= 15 is 0 Å². The molecule has 3 fully saturated rings. The predicted molar refractivity (Wildman–Crippen MR) is 164 cm³/mol. The van der Waals surface area contributed by atoms with Gasteiger partial charge in [-0.1, -0.05) is 12.0 Å². The fraction of sp³-hybridized carbons (Fsp3) is 0.485. The quantitative estimate of drug-likeness (QED) is 0.218. The van der Waals surface area contributed by atoms with Gasteiger partial charge in [-0.2, -0.15) is 13.2 Å². The summed E-state index contributed by atoms with van der Waals surface area (Å²) in [7, 11) is 1.48. The lowest BCUT2D eigenvalue weighted by Crippen LogP contribution is -2.68. The van der Waals surface area contributed by atoms with Crippen molar-refractivity contribution in [1.82, 2.24) is 14.8 Å². The van der Waals surface area contributed by atoms with Gasteiger partial charge in [0.1, 0.15) is 12.3 Å². The van der Waals surface area contributed by atoms with Crippen LogP contribution in [0.4, 0.5) is 28.9 Å². The summed E-state index contributed by atoms with van der Waals surface area (Å²) in [5.74, 6) is 5.55. The van der Waals surface area contributed by atoms with Crippen molar-refractivity contribution in [2.75, 3.05) is 57.4 Å². The molecule has 3 N–H and O–H groups in total. The number of nitrogens with one attached hydrogen (secondary N) is 3. The van der Waals surface area contributed by atoms with Gasteiger partial charge in [0.15, 0.2) is 0 Å². The van der Waals surface area contributed by atoms with Crippen molar-refractivity contribution in [1.29, 1.82) is 0 Å². The zero-order valence-electron chi connectivity index (χ0n) is 25.1. The number of amides is 1. The van der Waals surface area contributed by atoms with Crippen molar-refractivity contribution in [3.05, 3.63) is 53.7 Å². The molecule has 0 bridgehead atoms. The van der Waals surface area contributed by atoms with E-state index in [2.05, 4.69) is 32.7 Å². The summed E-state index contributed by atoms with van der Waals surface area (Å²) in [6.45, 7) is 1.80. The maximum absolute atomic E-state index is 13.7. The number of nitrogens with zero attached hydrogens (tertiary/aromatic N) is 2. The van der Waals surface area contributed by atoms with E-state index in [9.17, 15) is 22.4 Å². The third kappa shape index (κ3) is 6.84. The molecule has 3 aliphatic rings. The van der Waals surface area contributed by atoms with Gasteiger partial charge in [-0.25, -0.2) is 4.39 Å². The smallest absolute Gasteiger partial charge is 0.406 e. The van der Waals surface area contributed by atoms with Crippen LogP contribution in [0, 0.1) is 17.3 Å². The van der Waals surface area contributed by atoms with Gasteiger partial charge < -0.3 is 30.0 Å². The number of anilines is 2. The summed E-state index contributed by atoms with van der Waals surface area (Å²) in [5.41, 5.74) is 2.59. The number of ether oxygens (including phenoxy) is 2. The van der Waals surface area contributed by atoms with Gasteiger partial charge in [0.2, 0.25) is 6.86 Å². The SMILES string of the molecule is CNC(=O)c1ccc(NCC#Cc2cc3c(NC4CCC(N5CC6(COC6)C5)CC4)cccc3n2CC(F)(F)F)c(OCF)c1. The van der Waals surface area contributed by atoms with Crippen LogP contribution in [0.3, 0.4) is 0 Å². The molecule has 2 aromatic carbocycles. The minimum atomic E-state index is -4.44. The maximum atomic E-state index is 13.7. The number of likely N-dealkylation sites (tertiary alicyclic amines) is 1. The molecule has 2 saturated heterocycles. The second-order valence-electron chi connectivity index (χ2n) is 12.2. The Balaban J connectivity index is 1.15. The molecule has 1 saturated carbocycles. The number of hydrogen-bond donors (Lipinski definition) is 3. The first-order valence-corrected chi connectivity index (χ1v) is 15.2. The third-order valence-electron chi connectivity index (χ3n) is 9.01. The summed E-state index contributed by atoms with van der Waals surface area (Å²) in [6, 6.07) is 12.4. The molecule has 0 atom stereocenters. The number of halogens is 4. The molecular formula is C33H37F4N5O3. The van der Waals surface area contributed by atoms with Crippen molar-refractivity contribution >= 4 is 28.2 Å². The highest BCUT2D eigenvalue weighted by atomic mass is 19.4. The van der Waals surface area contributed by atoms with Crippen molar-refractivity contribution in [3.63, 3.8) is 0 Å². The zero-order chi connectivity index (χ0) is 31.6. The number of carbonyl (C=O) groups excluding carboxylic acids is 1. The second kappa shape index (κ2) is 12.8. The van der Waals surface area contributed by atoms with E-state index in [1.54, 1.807) is 30.3 Å². The van der Waals surface area contributed by atoms with Crippen molar-refractivity contribution in [3.8, 4) is 17.6 Å².